The van der Waals surface area contributed by atoms with Crippen LogP contribution in [0.25, 0.3) is 16.6 Å². The lowest BCUT2D eigenvalue weighted by Gasteiger charge is -2.55. The number of nitrogens with one attached hydrogen (secondary N) is 2. The molecule has 20 heteroatoms. The summed E-state index contributed by atoms with van der Waals surface area (Å²) in [6.45, 7) is 7.09. The molecule has 0 unspecified atom stereocenters. The van der Waals surface area contributed by atoms with Gasteiger partial charge in [0.1, 0.15) is 35.9 Å². The van der Waals surface area contributed by atoms with Crippen LogP contribution < -0.4 is 30.1 Å². The number of nitriles is 1. The summed E-state index contributed by atoms with van der Waals surface area (Å²) in [6, 6.07) is 21.4. The van der Waals surface area contributed by atoms with Crippen LogP contribution in [-0.4, -0.2) is 121 Å². The molecule has 4 aromatic carbocycles. The molecule has 3 amide bonds. The zero-order valence-corrected chi connectivity index (χ0v) is 39.7. The lowest BCUT2D eigenvalue weighted by Crippen LogP contribution is -2.60. The molecule has 11 rings (SSSR count). The van der Waals surface area contributed by atoms with Crippen LogP contribution in [0.1, 0.15) is 66.4 Å². The highest BCUT2D eigenvalue weighted by Gasteiger charge is 2.45. The second-order valence-corrected chi connectivity index (χ2v) is 21.5. The van der Waals surface area contributed by atoms with E-state index in [2.05, 4.69) is 35.8 Å². The first kappa shape index (κ1) is 46.4. The summed E-state index contributed by atoms with van der Waals surface area (Å²) in [7, 11) is -4.24. The van der Waals surface area contributed by atoms with Gasteiger partial charge in [-0.15, -0.1) is 0 Å². The van der Waals surface area contributed by atoms with Crippen molar-refractivity contribution >= 4 is 55.9 Å². The molecule has 6 aliphatic heterocycles. The van der Waals surface area contributed by atoms with Gasteiger partial charge in [-0.2, -0.15) is 18.0 Å². The van der Waals surface area contributed by atoms with Crippen molar-refractivity contribution in [3.8, 4) is 23.3 Å². The van der Waals surface area contributed by atoms with Crippen LogP contribution in [0.3, 0.4) is 0 Å². The van der Waals surface area contributed by atoms with Crippen LogP contribution in [0.15, 0.2) is 83.9 Å². The van der Waals surface area contributed by atoms with Crippen molar-refractivity contribution in [2.45, 2.75) is 63.7 Å². The van der Waals surface area contributed by atoms with E-state index in [9.17, 15) is 37.2 Å². The number of benzene rings is 4. The smallest absolute Gasteiger partial charge is 0.301 e. The van der Waals surface area contributed by atoms with E-state index in [1.165, 1.54) is 29.1 Å². The summed E-state index contributed by atoms with van der Waals surface area (Å²) in [4.78, 5) is 64.7. The fourth-order valence-corrected chi connectivity index (χ4v) is 12.5. The fourth-order valence-electron chi connectivity index (χ4n) is 11.2. The number of likely N-dealkylation sites (tertiary alicyclic amines) is 1. The molecule has 2 atom stereocenters. The van der Waals surface area contributed by atoms with Gasteiger partial charge in [-0.3, -0.25) is 33.8 Å². The van der Waals surface area contributed by atoms with Gasteiger partial charge in [-0.05, 0) is 136 Å². The molecule has 0 saturated carbocycles. The molecule has 368 valence electrons. The minimum absolute atomic E-state index is 0.0232. The molecule has 1 aromatic heterocycles. The van der Waals surface area contributed by atoms with E-state index in [0.717, 1.165) is 105 Å². The third kappa shape index (κ3) is 8.95. The topological polar surface area (TPSA) is 194 Å². The Balaban J connectivity index is 0.668. The molecule has 5 fully saturated rings. The van der Waals surface area contributed by atoms with Gasteiger partial charge in [0.25, 0.3) is 11.5 Å². The summed E-state index contributed by atoms with van der Waals surface area (Å²) in [5.74, 6) is -1.67. The molecule has 7 heterocycles. The van der Waals surface area contributed by atoms with Crippen LogP contribution in [-0.2, 0) is 26.3 Å². The highest BCUT2D eigenvalue weighted by atomic mass is 32.2. The summed E-state index contributed by atoms with van der Waals surface area (Å²) in [6.07, 6.45) is 5.25. The Bertz CT molecular complexity index is 3180. The van der Waals surface area contributed by atoms with Gasteiger partial charge in [0.2, 0.25) is 11.8 Å². The second kappa shape index (κ2) is 18.3. The normalized spacial score (nSPS) is 21.9. The number of piperidine rings is 3. The molecule has 0 bridgehead atoms. The SMILES string of the molecule is N#Cc1c(NS(=O)(=O)N2CC[C@@H](F)C2)ccc(F)c1Oc1ccc2ncn(-c3ccc(N4CC5(CCN(CC6CCN(c7ccc8c(c7)CN([C@@H]7CCC(=O)NC7=O)C8=O)CC6)CC5)C4)cc3)c(=O)c2c1. The molecule has 0 aliphatic carbocycles. The number of nitrogens with zero attached hydrogens (tertiary/aromatic N) is 8. The fraction of sp³-hybridized carbons (Fsp3) is 0.412. The van der Waals surface area contributed by atoms with Crippen molar-refractivity contribution in [2.24, 2.45) is 11.3 Å². The number of halogens is 2. The number of hydrogen-bond donors (Lipinski definition) is 2. The number of alkyl halides is 1. The lowest BCUT2D eigenvalue weighted by molar-refractivity contribution is -0.136. The average molecular weight is 987 g/mol. The van der Waals surface area contributed by atoms with E-state index in [4.69, 9.17) is 4.74 Å². The molecular weight excluding hydrogens is 935 g/mol. The molecule has 17 nitrogen and oxygen atoms in total. The first-order valence-corrected chi connectivity index (χ1v) is 25.6. The van der Waals surface area contributed by atoms with Crippen molar-refractivity contribution in [1.29, 1.82) is 5.26 Å². The van der Waals surface area contributed by atoms with Crippen LogP contribution in [0.2, 0.25) is 0 Å². The van der Waals surface area contributed by atoms with Crippen LogP contribution in [0, 0.1) is 28.5 Å². The predicted octanol–water partition coefficient (Wildman–Crippen LogP) is 5.47. The van der Waals surface area contributed by atoms with Crippen LogP contribution in [0.4, 0.5) is 25.8 Å². The molecular formula is C51H52F2N10O7S. The quantitative estimate of drug-likeness (QED) is 0.159. The standard InChI is InChI=1S/C51H52F2N10O7S/c52-34-15-20-61(28-34)71(68,69)57-44-10-8-42(53)47(41(44)25-54)70-38-6-9-43-40(24-38)50(67)63(31-55-43)36-3-1-35(2-4-36)60-29-51(30-60)16-21-58(22-17-51)26-32-13-18-59(19-14-32)37-5-7-39-33(23-37)27-62(49(39)66)45-11-12-46(64)56-48(45)65/h1-10,23-24,31-32,34,45,57H,11-22,26-30H2,(H,56,64,65)/t34-,45-/m1/s1. The second-order valence-electron chi connectivity index (χ2n) is 19.8. The van der Waals surface area contributed by atoms with Crippen molar-refractivity contribution in [2.75, 3.05) is 73.4 Å². The van der Waals surface area contributed by atoms with Crippen LogP contribution in [0.5, 0.6) is 11.5 Å². The Morgan fingerprint density at radius 2 is 1.61 bits per heavy atom. The van der Waals surface area contributed by atoms with E-state index in [1.54, 1.807) is 4.90 Å². The summed E-state index contributed by atoms with van der Waals surface area (Å²) >= 11 is 0. The number of anilines is 3. The number of amides is 3. The number of fused-ring (bicyclic) bond motifs is 2. The minimum Gasteiger partial charge on any atom is -0.453 e. The van der Waals surface area contributed by atoms with E-state index >= 15 is 4.39 Å². The number of ether oxygens (including phenoxy) is 1. The van der Waals surface area contributed by atoms with E-state index in [-0.39, 0.29) is 60.0 Å². The maximum Gasteiger partial charge on any atom is 0.301 e. The van der Waals surface area contributed by atoms with E-state index < -0.39 is 51.0 Å². The molecule has 0 radical (unpaired) electrons. The predicted molar refractivity (Wildman–Crippen MR) is 260 cm³/mol. The van der Waals surface area contributed by atoms with Crippen molar-refractivity contribution in [3.05, 3.63) is 112 Å². The van der Waals surface area contributed by atoms with Gasteiger partial charge in [-0.1, -0.05) is 0 Å². The summed E-state index contributed by atoms with van der Waals surface area (Å²) < 4.78 is 65.3. The van der Waals surface area contributed by atoms with Gasteiger partial charge in [-0.25, -0.2) is 13.8 Å². The third-order valence-electron chi connectivity index (χ3n) is 15.3. The maximum atomic E-state index is 15.2. The lowest BCUT2D eigenvalue weighted by atomic mass is 9.71. The molecule has 5 saturated heterocycles. The Morgan fingerprint density at radius 1 is 0.859 bits per heavy atom. The third-order valence-corrected chi connectivity index (χ3v) is 16.8. The Morgan fingerprint density at radius 3 is 2.32 bits per heavy atom. The van der Waals surface area contributed by atoms with Gasteiger partial charge < -0.3 is 24.3 Å². The Labute approximate surface area is 408 Å². The van der Waals surface area contributed by atoms with Gasteiger partial charge in [0.05, 0.1) is 22.3 Å². The van der Waals surface area contributed by atoms with Gasteiger partial charge in [0.15, 0.2) is 11.6 Å². The van der Waals surface area contributed by atoms with Crippen molar-refractivity contribution in [1.82, 2.24) is 29.0 Å². The first-order chi connectivity index (χ1) is 34.2. The van der Waals surface area contributed by atoms with Gasteiger partial charge in [0, 0.05) is 81.1 Å². The van der Waals surface area contributed by atoms with E-state index in [0.29, 0.717) is 35.7 Å². The van der Waals surface area contributed by atoms with Crippen LogP contribution >= 0.6 is 0 Å². The zero-order valence-electron chi connectivity index (χ0n) is 38.9. The van der Waals surface area contributed by atoms with Gasteiger partial charge >= 0.3 is 10.2 Å². The van der Waals surface area contributed by atoms with Crippen molar-refractivity contribution in [3.63, 3.8) is 0 Å². The number of aromatic nitrogens is 2. The van der Waals surface area contributed by atoms with Crippen molar-refractivity contribution < 1.29 is 36.3 Å². The Hall–Kier alpha value is -6.95. The number of rotatable bonds is 11. The maximum absolute atomic E-state index is 15.2. The molecule has 6 aliphatic rings. The zero-order chi connectivity index (χ0) is 49.2. The van der Waals surface area contributed by atoms with E-state index in [1.807, 2.05) is 42.5 Å². The highest BCUT2D eigenvalue weighted by Crippen LogP contribution is 2.43. The number of carbonyl (C=O) groups is 3. The Kier molecular flexibility index (Phi) is 12.0. The molecule has 5 aromatic rings. The molecule has 2 N–H and O–H groups in total. The number of imide groups is 1. The monoisotopic (exact) mass is 986 g/mol. The molecule has 1 spiro atoms. The number of hydrogen-bond acceptors (Lipinski definition) is 12. The average Bonchev–Trinajstić information content (AvgIpc) is 3.95. The highest BCUT2D eigenvalue weighted by molar-refractivity contribution is 7.90. The molecule has 71 heavy (non-hydrogen) atoms. The minimum atomic E-state index is -4.24. The summed E-state index contributed by atoms with van der Waals surface area (Å²) in [5.41, 5.74) is 3.93. The first-order valence-electron chi connectivity index (χ1n) is 24.2. The largest absolute Gasteiger partial charge is 0.453 e. The summed E-state index contributed by atoms with van der Waals surface area (Å²) in [5, 5.41) is 12.5. The number of carbonyl (C=O) groups excluding carboxylic acids is 3.